The zero-order chi connectivity index (χ0) is 19.8. The molecule has 2 amide bonds. The van der Waals surface area contributed by atoms with E-state index in [2.05, 4.69) is 5.32 Å². The van der Waals surface area contributed by atoms with Crippen molar-refractivity contribution in [1.29, 1.82) is 0 Å². The third-order valence-electron chi connectivity index (χ3n) is 3.30. The summed E-state index contributed by atoms with van der Waals surface area (Å²) in [6.45, 7) is 0.171. The van der Waals surface area contributed by atoms with Gasteiger partial charge < -0.3 is 25.3 Å². The third kappa shape index (κ3) is 6.23. The van der Waals surface area contributed by atoms with Crippen molar-refractivity contribution >= 4 is 35.0 Å². The summed E-state index contributed by atoms with van der Waals surface area (Å²) in [6.07, 6.45) is 0. The minimum absolute atomic E-state index is 0.121. The Kier molecular flexibility index (Phi) is 7.57. The summed E-state index contributed by atoms with van der Waals surface area (Å²) in [5.74, 6) is -0.0683. The largest absolute Gasteiger partial charge is 0.493 e. The van der Waals surface area contributed by atoms with Gasteiger partial charge in [0.1, 0.15) is 12.4 Å². The van der Waals surface area contributed by atoms with Crippen molar-refractivity contribution in [1.82, 2.24) is 5.32 Å². The SMILES string of the molecule is COc1cc(C(=O)NCCOc2cccc(Cl)c2)cc(Cl)c1OCC(N)=O. The van der Waals surface area contributed by atoms with Crippen LogP contribution in [0.4, 0.5) is 0 Å². The highest BCUT2D eigenvalue weighted by molar-refractivity contribution is 6.32. The molecule has 2 aromatic rings. The summed E-state index contributed by atoms with van der Waals surface area (Å²) in [4.78, 5) is 23.1. The highest BCUT2D eigenvalue weighted by atomic mass is 35.5. The third-order valence-corrected chi connectivity index (χ3v) is 3.82. The second kappa shape index (κ2) is 9.89. The first kappa shape index (κ1) is 20.7. The van der Waals surface area contributed by atoms with Gasteiger partial charge in [-0.05, 0) is 30.3 Å². The van der Waals surface area contributed by atoms with Gasteiger partial charge in [-0.3, -0.25) is 9.59 Å². The average Bonchev–Trinajstić information content (AvgIpc) is 2.63. The van der Waals surface area contributed by atoms with E-state index in [0.29, 0.717) is 10.8 Å². The van der Waals surface area contributed by atoms with Crippen molar-refractivity contribution in [2.75, 3.05) is 26.9 Å². The van der Waals surface area contributed by atoms with Crippen LogP contribution in [-0.4, -0.2) is 38.7 Å². The normalized spacial score (nSPS) is 10.2. The molecule has 0 aliphatic carbocycles. The smallest absolute Gasteiger partial charge is 0.255 e. The molecule has 0 spiro atoms. The molecule has 0 unspecified atom stereocenters. The first-order valence-corrected chi connectivity index (χ1v) is 8.61. The lowest BCUT2D eigenvalue weighted by Gasteiger charge is -2.13. The van der Waals surface area contributed by atoms with Crippen molar-refractivity contribution < 1.29 is 23.8 Å². The number of nitrogens with two attached hydrogens (primary N) is 1. The first-order chi connectivity index (χ1) is 12.9. The number of primary amides is 1. The molecule has 0 aliphatic heterocycles. The Hall–Kier alpha value is -2.64. The molecule has 0 saturated carbocycles. The van der Waals surface area contributed by atoms with E-state index in [1.165, 1.54) is 19.2 Å². The van der Waals surface area contributed by atoms with E-state index in [-0.39, 0.29) is 47.8 Å². The van der Waals surface area contributed by atoms with Gasteiger partial charge in [0.15, 0.2) is 18.1 Å². The van der Waals surface area contributed by atoms with Gasteiger partial charge in [0, 0.05) is 10.6 Å². The van der Waals surface area contributed by atoms with E-state index in [0.717, 1.165) is 0 Å². The van der Waals surface area contributed by atoms with Crippen molar-refractivity contribution in [3.8, 4) is 17.2 Å². The quantitative estimate of drug-likeness (QED) is 0.616. The monoisotopic (exact) mass is 412 g/mol. The number of hydrogen-bond donors (Lipinski definition) is 2. The van der Waals surface area contributed by atoms with Crippen LogP contribution in [-0.2, 0) is 4.79 Å². The summed E-state index contributed by atoms with van der Waals surface area (Å²) >= 11 is 12.0. The van der Waals surface area contributed by atoms with Crippen LogP contribution < -0.4 is 25.3 Å². The molecule has 0 heterocycles. The van der Waals surface area contributed by atoms with Gasteiger partial charge in [0.2, 0.25) is 0 Å². The minimum Gasteiger partial charge on any atom is -0.493 e. The second-order valence-corrected chi connectivity index (χ2v) is 6.15. The molecule has 2 aromatic carbocycles. The Balaban J connectivity index is 1.95. The van der Waals surface area contributed by atoms with Crippen LogP contribution in [0.5, 0.6) is 17.2 Å². The zero-order valence-electron chi connectivity index (χ0n) is 14.5. The molecule has 0 atom stereocenters. The lowest BCUT2D eigenvalue weighted by molar-refractivity contribution is -0.119. The van der Waals surface area contributed by atoms with Crippen LogP contribution in [0, 0.1) is 0 Å². The molecule has 0 fully saturated rings. The van der Waals surface area contributed by atoms with Crippen LogP contribution in [0.1, 0.15) is 10.4 Å². The van der Waals surface area contributed by atoms with E-state index in [1.54, 1.807) is 24.3 Å². The number of carbonyl (C=O) groups is 2. The summed E-state index contributed by atoms with van der Waals surface area (Å²) in [6, 6.07) is 9.82. The number of hydrogen-bond acceptors (Lipinski definition) is 5. The molecule has 0 saturated heterocycles. The second-order valence-electron chi connectivity index (χ2n) is 5.31. The number of nitrogens with one attached hydrogen (secondary N) is 1. The molecule has 9 heteroatoms. The lowest BCUT2D eigenvalue weighted by atomic mass is 10.2. The fraction of sp³-hybridized carbons (Fsp3) is 0.222. The van der Waals surface area contributed by atoms with E-state index in [1.807, 2.05) is 0 Å². The molecule has 2 rings (SSSR count). The van der Waals surface area contributed by atoms with Crippen LogP contribution in [0.15, 0.2) is 36.4 Å². The number of halogens is 2. The van der Waals surface area contributed by atoms with Gasteiger partial charge in [-0.1, -0.05) is 29.3 Å². The molecule has 0 aliphatic rings. The van der Waals surface area contributed by atoms with E-state index < -0.39 is 5.91 Å². The summed E-state index contributed by atoms with van der Waals surface area (Å²) < 4.78 is 15.9. The molecule has 0 aromatic heterocycles. The predicted molar refractivity (Wildman–Crippen MR) is 102 cm³/mol. The summed E-state index contributed by atoms with van der Waals surface area (Å²) in [5.41, 5.74) is 5.32. The number of methoxy groups -OCH3 is 1. The maximum atomic E-state index is 12.3. The zero-order valence-corrected chi connectivity index (χ0v) is 16.0. The first-order valence-electron chi connectivity index (χ1n) is 7.86. The van der Waals surface area contributed by atoms with Crippen LogP contribution in [0.2, 0.25) is 10.0 Å². The van der Waals surface area contributed by atoms with Crippen LogP contribution in [0.25, 0.3) is 0 Å². The minimum atomic E-state index is -0.658. The Labute approximate surface area is 166 Å². The number of benzene rings is 2. The summed E-state index contributed by atoms with van der Waals surface area (Å²) in [7, 11) is 1.39. The molecule has 3 N–H and O–H groups in total. The van der Waals surface area contributed by atoms with E-state index >= 15 is 0 Å². The number of ether oxygens (including phenoxy) is 3. The van der Waals surface area contributed by atoms with Crippen LogP contribution in [0.3, 0.4) is 0 Å². The van der Waals surface area contributed by atoms with Gasteiger partial charge in [-0.2, -0.15) is 0 Å². The van der Waals surface area contributed by atoms with Gasteiger partial charge in [-0.25, -0.2) is 0 Å². The highest BCUT2D eigenvalue weighted by Crippen LogP contribution is 2.36. The fourth-order valence-corrected chi connectivity index (χ4v) is 2.57. The van der Waals surface area contributed by atoms with Crippen molar-refractivity contribution in [3.63, 3.8) is 0 Å². The van der Waals surface area contributed by atoms with E-state index in [4.69, 9.17) is 43.1 Å². The molecule has 0 radical (unpaired) electrons. The molecule has 27 heavy (non-hydrogen) atoms. The highest BCUT2D eigenvalue weighted by Gasteiger charge is 2.16. The topological polar surface area (TPSA) is 99.9 Å². The van der Waals surface area contributed by atoms with E-state index in [9.17, 15) is 9.59 Å². The number of carbonyl (C=O) groups excluding carboxylic acids is 2. The average molecular weight is 413 g/mol. The Morgan fingerprint density at radius 3 is 2.59 bits per heavy atom. The Morgan fingerprint density at radius 2 is 1.93 bits per heavy atom. The maximum Gasteiger partial charge on any atom is 0.255 e. The van der Waals surface area contributed by atoms with Crippen molar-refractivity contribution in [2.45, 2.75) is 0 Å². The lowest BCUT2D eigenvalue weighted by Crippen LogP contribution is -2.28. The number of rotatable bonds is 9. The standard InChI is InChI=1S/C18H18Cl2N2O5/c1-25-15-8-11(7-14(20)17(15)27-10-16(21)23)18(24)22-5-6-26-13-4-2-3-12(19)9-13/h2-4,7-9H,5-6,10H2,1H3,(H2,21,23)(H,22,24). The summed E-state index contributed by atoms with van der Waals surface area (Å²) in [5, 5.41) is 3.39. The van der Waals surface area contributed by atoms with Crippen LogP contribution >= 0.6 is 23.2 Å². The Bertz CT molecular complexity index is 829. The maximum absolute atomic E-state index is 12.3. The van der Waals surface area contributed by atoms with Gasteiger partial charge in [0.05, 0.1) is 18.7 Å². The van der Waals surface area contributed by atoms with Gasteiger partial charge in [-0.15, -0.1) is 0 Å². The number of amides is 2. The molecule has 7 nitrogen and oxygen atoms in total. The van der Waals surface area contributed by atoms with Gasteiger partial charge >= 0.3 is 0 Å². The molecular weight excluding hydrogens is 395 g/mol. The molecule has 144 valence electrons. The Morgan fingerprint density at radius 1 is 1.15 bits per heavy atom. The fourth-order valence-electron chi connectivity index (χ4n) is 2.13. The molecule has 0 bridgehead atoms. The predicted octanol–water partition coefficient (Wildman–Crippen LogP) is 2.67. The van der Waals surface area contributed by atoms with Crippen molar-refractivity contribution in [3.05, 3.63) is 52.0 Å². The van der Waals surface area contributed by atoms with Crippen molar-refractivity contribution in [2.24, 2.45) is 5.73 Å². The van der Waals surface area contributed by atoms with Gasteiger partial charge in [0.25, 0.3) is 11.8 Å². The molecular formula is C18H18Cl2N2O5.